The Labute approximate surface area is 121 Å². The van der Waals surface area contributed by atoms with Crippen LogP contribution in [0.2, 0.25) is 0 Å². The first-order chi connectivity index (χ1) is 10.2. The average Bonchev–Trinajstić information content (AvgIpc) is 2.97. The molecule has 2 aliphatic rings. The number of fused-ring (bicyclic) bond motifs is 3. The number of allylic oxidation sites excluding steroid dienone is 2. The van der Waals surface area contributed by atoms with E-state index in [9.17, 15) is 8.78 Å². The minimum Gasteiger partial charge on any atom is -0.374 e. The molecular formula is C17H14F2N2. The minimum absolute atomic E-state index is 0.0402. The number of aromatic nitrogens is 1. The van der Waals surface area contributed by atoms with E-state index in [4.69, 9.17) is 0 Å². The van der Waals surface area contributed by atoms with Crippen molar-refractivity contribution in [1.82, 2.24) is 4.98 Å². The smallest absolute Gasteiger partial charge is 0.149 e. The fourth-order valence-electron chi connectivity index (χ4n) is 3.47. The van der Waals surface area contributed by atoms with Crippen LogP contribution >= 0.6 is 0 Å². The predicted octanol–water partition coefficient (Wildman–Crippen LogP) is 4.19. The Morgan fingerprint density at radius 3 is 2.90 bits per heavy atom. The SMILES string of the molecule is Fc1cc(F)c2c(c1)[C@@H]1C=CC[C@H]1[C@@H](c1ccccn1)N2. The number of benzene rings is 1. The predicted molar refractivity (Wildman–Crippen MR) is 76.9 cm³/mol. The largest absolute Gasteiger partial charge is 0.374 e. The van der Waals surface area contributed by atoms with Gasteiger partial charge in [-0.1, -0.05) is 18.2 Å². The highest BCUT2D eigenvalue weighted by molar-refractivity contribution is 5.60. The molecule has 0 saturated heterocycles. The summed E-state index contributed by atoms with van der Waals surface area (Å²) in [6.07, 6.45) is 6.77. The van der Waals surface area contributed by atoms with Crippen molar-refractivity contribution in [3.05, 3.63) is 71.6 Å². The highest BCUT2D eigenvalue weighted by Gasteiger charge is 2.39. The Morgan fingerprint density at radius 2 is 2.10 bits per heavy atom. The van der Waals surface area contributed by atoms with E-state index in [-0.39, 0.29) is 17.9 Å². The van der Waals surface area contributed by atoms with Crippen molar-refractivity contribution < 1.29 is 8.78 Å². The summed E-state index contributed by atoms with van der Waals surface area (Å²) in [7, 11) is 0. The van der Waals surface area contributed by atoms with Crippen LogP contribution in [0.3, 0.4) is 0 Å². The van der Waals surface area contributed by atoms with Gasteiger partial charge in [0, 0.05) is 18.2 Å². The number of hydrogen-bond acceptors (Lipinski definition) is 2. The first-order valence-corrected chi connectivity index (χ1v) is 7.07. The van der Waals surface area contributed by atoms with Crippen LogP contribution in [-0.4, -0.2) is 4.98 Å². The standard InChI is InChI=1S/C17H14F2N2/c18-10-8-13-11-4-3-5-12(11)17(15-6-1-2-7-20-15)21-16(13)14(19)9-10/h1-4,6-9,11-12,17,21H,5H2/t11-,12-,17+/m1/s1. The third-order valence-electron chi connectivity index (χ3n) is 4.39. The van der Waals surface area contributed by atoms with Crippen molar-refractivity contribution in [2.45, 2.75) is 18.4 Å². The topological polar surface area (TPSA) is 24.9 Å². The van der Waals surface area contributed by atoms with Gasteiger partial charge in [0.1, 0.15) is 11.6 Å². The summed E-state index contributed by atoms with van der Waals surface area (Å²) in [5.74, 6) is -0.778. The lowest BCUT2D eigenvalue weighted by molar-refractivity contribution is 0.412. The number of nitrogens with one attached hydrogen (secondary N) is 1. The molecule has 1 aromatic carbocycles. The van der Waals surface area contributed by atoms with Crippen LogP contribution < -0.4 is 5.32 Å². The maximum Gasteiger partial charge on any atom is 0.149 e. The van der Waals surface area contributed by atoms with E-state index < -0.39 is 11.6 Å². The third kappa shape index (κ3) is 1.94. The van der Waals surface area contributed by atoms with E-state index in [0.29, 0.717) is 11.3 Å². The van der Waals surface area contributed by atoms with E-state index >= 15 is 0 Å². The summed E-state index contributed by atoms with van der Waals surface area (Å²) >= 11 is 0. The summed E-state index contributed by atoms with van der Waals surface area (Å²) in [5, 5.41) is 3.24. The molecule has 4 rings (SSSR count). The molecule has 1 N–H and O–H groups in total. The number of nitrogens with zero attached hydrogens (tertiary/aromatic N) is 1. The Morgan fingerprint density at radius 1 is 1.19 bits per heavy atom. The molecule has 0 amide bonds. The number of anilines is 1. The second-order valence-corrected chi connectivity index (χ2v) is 5.58. The van der Waals surface area contributed by atoms with Crippen LogP contribution in [0, 0.1) is 17.6 Å². The molecule has 21 heavy (non-hydrogen) atoms. The lowest BCUT2D eigenvalue weighted by Crippen LogP contribution is -2.30. The molecule has 4 heteroatoms. The maximum absolute atomic E-state index is 14.1. The van der Waals surface area contributed by atoms with Gasteiger partial charge in [0.05, 0.1) is 17.4 Å². The summed E-state index contributed by atoms with van der Waals surface area (Å²) < 4.78 is 27.7. The summed E-state index contributed by atoms with van der Waals surface area (Å²) in [6, 6.07) is 8.05. The van der Waals surface area contributed by atoms with Crippen LogP contribution in [0.5, 0.6) is 0 Å². The molecule has 0 bridgehead atoms. The summed E-state index contributed by atoms with van der Waals surface area (Å²) in [5.41, 5.74) is 2.00. The molecule has 1 aliphatic heterocycles. The first kappa shape index (κ1) is 12.5. The van der Waals surface area contributed by atoms with Crippen molar-refractivity contribution >= 4 is 5.69 Å². The molecule has 2 nitrogen and oxygen atoms in total. The monoisotopic (exact) mass is 284 g/mol. The Hall–Kier alpha value is -2.23. The third-order valence-corrected chi connectivity index (χ3v) is 4.39. The molecule has 2 heterocycles. The zero-order valence-electron chi connectivity index (χ0n) is 11.3. The van der Waals surface area contributed by atoms with Gasteiger partial charge in [-0.25, -0.2) is 8.78 Å². The van der Waals surface area contributed by atoms with Crippen molar-refractivity contribution in [3.8, 4) is 0 Å². The molecule has 0 fully saturated rings. The number of pyridine rings is 1. The van der Waals surface area contributed by atoms with Gasteiger partial charge in [0.15, 0.2) is 0 Å². The minimum atomic E-state index is -0.537. The van der Waals surface area contributed by atoms with Crippen LogP contribution in [0.1, 0.15) is 29.6 Å². The van der Waals surface area contributed by atoms with Crippen molar-refractivity contribution in [2.24, 2.45) is 5.92 Å². The number of rotatable bonds is 1. The molecule has 0 spiro atoms. The van der Waals surface area contributed by atoms with Crippen LogP contribution in [-0.2, 0) is 0 Å². The lowest BCUT2D eigenvalue weighted by Gasteiger charge is -2.37. The van der Waals surface area contributed by atoms with E-state index in [1.165, 1.54) is 6.07 Å². The molecule has 0 saturated carbocycles. The second kappa shape index (κ2) is 4.65. The summed E-state index contributed by atoms with van der Waals surface area (Å²) in [6.45, 7) is 0. The van der Waals surface area contributed by atoms with E-state index in [1.807, 2.05) is 18.2 Å². The fraction of sp³-hybridized carbons (Fsp3) is 0.235. The van der Waals surface area contributed by atoms with Crippen LogP contribution in [0.4, 0.5) is 14.5 Å². The average molecular weight is 284 g/mol. The fourth-order valence-corrected chi connectivity index (χ4v) is 3.47. The van der Waals surface area contributed by atoms with E-state index in [0.717, 1.165) is 18.2 Å². The normalized spacial score (nSPS) is 26.1. The highest BCUT2D eigenvalue weighted by Crippen LogP contribution is 2.50. The first-order valence-electron chi connectivity index (χ1n) is 7.07. The van der Waals surface area contributed by atoms with Crippen LogP contribution in [0.15, 0.2) is 48.7 Å². The van der Waals surface area contributed by atoms with Gasteiger partial charge in [0.25, 0.3) is 0 Å². The lowest BCUT2D eigenvalue weighted by atomic mass is 9.78. The zero-order chi connectivity index (χ0) is 14.4. The van der Waals surface area contributed by atoms with Crippen LogP contribution in [0.25, 0.3) is 0 Å². The van der Waals surface area contributed by atoms with Gasteiger partial charge in [-0.3, -0.25) is 4.98 Å². The van der Waals surface area contributed by atoms with E-state index in [2.05, 4.69) is 22.5 Å². The summed E-state index contributed by atoms with van der Waals surface area (Å²) in [4.78, 5) is 4.40. The van der Waals surface area contributed by atoms with Crippen molar-refractivity contribution in [3.63, 3.8) is 0 Å². The molecule has 0 unspecified atom stereocenters. The Bertz CT molecular complexity index is 712. The van der Waals surface area contributed by atoms with Gasteiger partial charge in [-0.2, -0.15) is 0 Å². The van der Waals surface area contributed by atoms with Gasteiger partial charge in [-0.05, 0) is 36.1 Å². The van der Waals surface area contributed by atoms with Crippen molar-refractivity contribution in [2.75, 3.05) is 5.32 Å². The second-order valence-electron chi connectivity index (χ2n) is 5.58. The zero-order valence-corrected chi connectivity index (χ0v) is 11.3. The molecule has 1 aromatic heterocycles. The molecule has 1 aliphatic carbocycles. The van der Waals surface area contributed by atoms with Gasteiger partial charge < -0.3 is 5.32 Å². The molecule has 3 atom stereocenters. The van der Waals surface area contributed by atoms with Gasteiger partial charge >= 0.3 is 0 Å². The quantitative estimate of drug-likeness (QED) is 0.794. The Kier molecular flexibility index (Phi) is 2.77. The van der Waals surface area contributed by atoms with E-state index in [1.54, 1.807) is 6.20 Å². The number of halogens is 2. The molecule has 2 aromatic rings. The molecular weight excluding hydrogens is 270 g/mol. The van der Waals surface area contributed by atoms with Gasteiger partial charge in [-0.15, -0.1) is 0 Å². The Balaban J connectivity index is 1.84. The highest BCUT2D eigenvalue weighted by atomic mass is 19.1. The molecule has 0 radical (unpaired) electrons. The maximum atomic E-state index is 14.1. The van der Waals surface area contributed by atoms with Gasteiger partial charge in [0.2, 0.25) is 0 Å². The molecule has 106 valence electrons. The van der Waals surface area contributed by atoms with Crippen molar-refractivity contribution in [1.29, 1.82) is 0 Å². The number of hydrogen-bond donors (Lipinski definition) is 1.